The maximum Gasteiger partial charge on any atom is 0.234 e. The molecule has 15 heavy (non-hydrogen) atoms. The van der Waals surface area contributed by atoms with Gasteiger partial charge >= 0.3 is 0 Å². The molecule has 0 saturated carbocycles. The van der Waals surface area contributed by atoms with Crippen LogP contribution in [0, 0.1) is 5.95 Å². The molecule has 1 aliphatic heterocycles. The van der Waals surface area contributed by atoms with Crippen molar-refractivity contribution < 1.29 is 4.39 Å². The Morgan fingerprint density at radius 2 is 2.07 bits per heavy atom. The van der Waals surface area contributed by atoms with Crippen LogP contribution in [0.15, 0.2) is 6.20 Å². The minimum absolute atomic E-state index is 0.283. The SMILES string of the molecule is CN1CCC(Nc2cnn(C)c2F)CC1. The van der Waals surface area contributed by atoms with E-state index in [1.165, 1.54) is 4.68 Å². The number of nitrogens with zero attached hydrogens (tertiary/aromatic N) is 3. The van der Waals surface area contributed by atoms with Crippen LogP contribution in [0.25, 0.3) is 0 Å². The highest BCUT2D eigenvalue weighted by molar-refractivity contribution is 5.41. The predicted octanol–water partition coefficient (Wildman–Crippen LogP) is 1.07. The normalized spacial score (nSPS) is 19.4. The molecule has 1 aromatic heterocycles. The van der Waals surface area contributed by atoms with E-state index in [1.807, 2.05) is 0 Å². The number of anilines is 1. The van der Waals surface area contributed by atoms with E-state index in [1.54, 1.807) is 13.2 Å². The van der Waals surface area contributed by atoms with Gasteiger partial charge in [-0.3, -0.25) is 0 Å². The molecule has 1 fully saturated rings. The molecular weight excluding hydrogens is 195 g/mol. The molecule has 4 nitrogen and oxygen atoms in total. The van der Waals surface area contributed by atoms with Crippen molar-refractivity contribution in [3.8, 4) is 0 Å². The summed E-state index contributed by atoms with van der Waals surface area (Å²) in [5, 5.41) is 7.07. The van der Waals surface area contributed by atoms with Crippen molar-refractivity contribution in [1.82, 2.24) is 14.7 Å². The Labute approximate surface area is 89.1 Å². The van der Waals surface area contributed by atoms with Gasteiger partial charge in [-0.1, -0.05) is 0 Å². The van der Waals surface area contributed by atoms with E-state index in [0.717, 1.165) is 25.9 Å². The number of piperidine rings is 1. The molecule has 1 saturated heterocycles. The van der Waals surface area contributed by atoms with Gasteiger partial charge in [0.2, 0.25) is 5.95 Å². The predicted molar refractivity (Wildman–Crippen MR) is 57.3 cm³/mol. The van der Waals surface area contributed by atoms with Crippen LogP contribution in [-0.4, -0.2) is 40.9 Å². The summed E-state index contributed by atoms with van der Waals surface area (Å²) >= 11 is 0. The molecule has 0 amide bonds. The smallest absolute Gasteiger partial charge is 0.234 e. The highest BCUT2D eigenvalue weighted by atomic mass is 19.1. The van der Waals surface area contributed by atoms with Crippen LogP contribution in [0.4, 0.5) is 10.1 Å². The Bertz CT molecular complexity index is 328. The lowest BCUT2D eigenvalue weighted by molar-refractivity contribution is 0.263. The third-order valence-electron chi connectivity index (χ3n) is 2.94. The Morgan fingerprint density at radius 3 is 2.60 bits per heavy atom. The fourth-order valence-corrected chi connectivity index (χ4v) is 1.89. The van der Waals surface area contributed by atoms with E-state index in [0.29, 0.717) is 11.7 Å². The second-order valence-electron chi connectivity index (χ2n) is 4.19. The first-order valence-electron chi connectivity index (χ1n) is 5.29. The minimum Gasteiger partial charge on any atom is -0.377 e. The van der Waals surface area contributed by atoms with E-state index < -0.39 is 0 Å². The second kappa shape index (κ2) is 4.18. The molecule has 0 radical (unpaired) electrons. The van der Waals surface area contributed by atoms with Gasteiger partial charge in [-0.2, -0.15) is 9.49 Å². The number of hydrogen-bond acceptors (Lipinski definition) is 3. The van der Waals surface area contributed by atoms with Crippen molar-refractivity contribution in [2.75, 3.05) is 25.5 Å². The van der Waals surface area contributed by atoms with Crippen molar-refractivity contribution >= 4 is 5.69 Å². The first-order valence-corrected chi connectivity index (χ1v) is 5.29. The minimum atomic E-state index is -0.283. The number of rotatable bonds is 2. The molecular formula is C10H17FN4. The van der Waals surface area contributed by atoms with Crippen molar-refractivity contribution in [3.05, 3.63) is 12.1 Å². The Morgan fingerprint density at radius 1 is 1.40 bits per heavy atom. The Hall–Kier alpha value is -1.10. The fourth-order valence-electron chi connectivity index (χ4n) is 1.89. The third kappa shape index (κ3) is 2.28. The number of likely N-dealkylation sites (tertiary alicyclic amines) is 1. The summed E-state index contributed by atoms with van der Waals surface area (Å²) in [4.78, 5) is 2.29. The molecule has 1 aromatic rings. The highest BCUT2D eigenvalue weighted by Crippen LogP contribution is 2.17. The van der Waals surface area contributed by atoms with Gasteiger partial charge in [0.25, 0.3) is 0 Å². The third-order valence-corrected chi connectivity index (χ3v) is 2.94. The molecule has 0 bridgehead atoms. The van der Waals surface area contributed by atoms with Crippen LogP contribution in [0.3, 0.4) is 0 Å². The van der Waals surface area contributed by atoms with Gasteiger partial charge in [-0.15, -0.1) is 0 Å². The molecule has 0 unspecified atom stereocenters. The molecule has 5 heteroatoms. The fraction of sp³-hybridized carbons (Fsp3) is 0.700. The number of halogens is 1. The first kappa shape index (κ1) is 10.4. The average molecular weight is 212 g/mol. The standard InChI is InChI=1S/C10H17FN4/c1-14-5-3-8(4-6-14)13-9-7-12-15(2)10(9)11/h7-8,13H,3-6H2,1-2H3. The van der Waals surface area contributed by atoms with Crippen LogP contribution in [-0.2, 0) is 7.05 Å². The Kier molecular flexibility index (Phi) is 2.90. The van der Waals surface area contributed by atoms with E-state index in [2.05, 4.69) is 22.4 Å². The quantitative estimate of drug-likeness (QED) is 0.796. The molecule has 1 aliphatic rings. The number of aromatic nitrogens is 2. The lowest BCUT2D eigenvalue weighted by atomic mass is 10.1. The van der Waals surface area contributed by atoms with E-state index in [-0.39, 0.29) is 5.95 Å². The highest BCUT2D eigenvalue weighted by Gasteiger charge is 2.18. The molecule has 0 atom stereocenters. The lowest BCUT2D eigenvalue weighted by Crippen LogP contribution is -2.36. The average Bonchev–Trinajstić information content (AvgIpc) is 2.53. The number of aryl methyl sites for hydroxylation is 1. The number of nitrogens with one attached hydrogen (secondary N) is 1. The summed E-state index contributed by atoms with van der Waals surface area (Å²) in [7, 11) is 3.72. The largest absolute Gasteiger partial charge is 0.377 e. The van der Waals surface area contributed by atoms with Gasteiger partial charge in [-0.25, -0.2) is 4.68 Å². The van der Waals surface area contributed by atoms with Gasteiger partial charge in [-0.05, 0) is 33.0 Å². The summed E-state index contributed by atoms with van der Waals surface area (Å²) < 4.78 is 14.7. The molecule has 0 spiro atoms. The molecule has 2 heterocycles. The summed E-state index contributed by atoms with van der Waals surface area (Å²) in [5.74, 6) is -0.283. The zero-order valence-corrected chi connectivity index (χ0v) is 9.20. The van der Waals surface area contributed by atoms with Crippen molar-refractivity contribution in [2.24, 2.45) is 7.05 Å². The van der Waals surface area contributed by atoms with Gasteiger partial charge < -0.3 is 10.2 Å². The number of hydrogen-bond donors (Lipinski definition) is 1. The topological polar surface area (TPSA) is 33.1 Å². The summed E-state index contributed by atoms with van der Waals surface area (Å²) in [5.41, 5.74) is 0.520. The van der Waals surface area contributed by atoms with Crippen molar-refractivity contribution in [3.63, 3.8) is 0 Å². The van der Waals surface area contributed by atoms with Crippen molar-refractivity contribution in [1.29, 1.82) is 0 Å². The molecule has 1 N–H and O–H groups in total. The lowest BCUT2D eigenvalue weighted by Gasteiger charge is -2.29. The van der Waals surface area contributed by atoms with Gasteiger partial charge in [0.05, 0.1) is 6.20 Å². The van der Waals surface area contributed by atoms with Crippen molar-refractivity contribution in [2.45, 2.75) is 18.9 Å². The van der Waals surface area contributed by atoms with Gasteiger partial charge in [0, 0.05) is 13.1 Å². The van der Waals surface area contributed by atoms with E-state index in [4.69, 9.17) is 0 Å². The monoisotopic (exact) mass is 212 g/mol. The van der Waals surface area contributed by atoms with Gasteiger partial charge in [0.1, 0.15) is 5.69 Å². The zero-order valence-electron chi connectivity index (χ0n) is 9.20. The summed E-state index contributed by atoms with van der Waals surface area (Å²) in [6.45, 7) is 2.14. The van der Waals surface area contributed by atoms with Crippen LogP contribution < -0.4 is 5.32 Å². The summed E-state index contributed by atoms with van der Waals surface area (Å²) in [6.07, 6.45) is 3.67. The molecule has 0 aromatic carbocycles. The molecule has 84 valence electrons. The van der Waals surface area contributed by atoms with Gasteiger partial charge in [0.15, 0.2) is 0 Å². The molecule has 0 aliphatic carbocycles. The van der Waals surface area contributed by atoms with Crippen LogP contribution >= 0.6 is 0 Å². The maximum absolute atomic E-state index is 13.4. The van der Waals surface area contributed by atoms with E-state index in [9.17, 15) is 4.39 Å². The molecule has 2 rings (SSSR count). The van der Waals surface area contributed by atoms with Crippen LogP contribution in [0.5, 0.6) is 0 Å². The first-order chi connectivity index (χ1) is 7.16. The summed E-state index contributed by atoms with van der Waals surface area (Å²) in [6, 6.07) is 0.375. The van der Waals surface area contributed by atoms with Crippen LogP contribution in [0.1, 0.15) is 12.8 Å². The van der Waals surface area contributed by atoms with E-state index >= 15 is 0 Å². The van der Waals surface area contributed by atoms with Crippen LogP contribution in [0.2, 0.25) is 0 Å². The second-order valence-corrected chi connectivity index (χ2v) is 4.19. The zero-order chi connectivity index (χ0) is 10.8. The maximum atomic E-state index is 13.4. The Balaban J connectivity index is 1.94.